The topological polar surface area (TPSA) is 70.1 Å². The number of aromatic nitrogens is 1. The highest BCUT2D eigenvalue weighted by atomic mass is 16.5. The number of carbonyl (C=O) groups is 1. The molecule has 1 aromatic heterocycles. The molecule has 0 N–H and O–H groups in total. The molecule has 0 saturated heterocycles. The Morgan fingerprint density at radius 2 is 2.26 bits per heavy atom. The van der Waals surface area contributed by atoms with Crippen LogP contribution in [0.3, 0.4) is 0 Å². The Labute approximate surface area is 111 Å². The van der Waals surface area contributed by atoms with Crippen molar-refractivity contribution in [2.24, 2.45) is 0 Å². The first kappa shape index (κ1) is 12.8. The summed E-state index contributed by atoms with van der Waals surface area (Å²) in [6.45, 7) is 2.17. The third kappa shape index (κ3) is 2.99. The summed E-state index contributed by atoms with van der Waals surface area (Å²) in [5.74, 6) is -0.0144. The Kier molecular flexibility index (Phi) is 3.62. The second-order valence-corrected chi connectivity index (χ2v) is 4.31. The van der Waals surface area contributed by atoms with E-state index in [4.69, 9.17) is 9.78 Å². The van der Waals surface area contributed by atoms with Crippen LogP contribution >= 0.6 is 0 Å². The molecule has 0 aliphatic carbocycles. The maximum Gasteiger partial charge on any atom is 0.292 e. The molecule has 0 aliphatic heterocycles. The van der Waals surface area contributed by atoms with Gasteiger partial charge in [-0.25, -0.2) is 0 Å². The number of benzene rings is 1. The number of amides is 1. The fourth-order valence-electron chi connectivity index (χ4n) is 1.74. The van der Waals surface area contributed by atoms with Gasteiger partial charge in [0.2, 0.25) is 5.76 Å². The van der Waals surface area contributed by atoms with E-state index in [0.717, 1.165) is 5.56 Å². The highest BCUT2D eigenvalue weighted by molar-refractivity contribution is 5.91. The lowest BCUT2D eigenvalue weighted by atomic mass is 10.1. The summed E-state index contributed by atoms with van der Waals surface area (Å²) < 4.78 is 4.94. The van der Waals surface area contributed by atoms with Crippen molar-refractivity contribution in [1.29, 1.82) is 5.26 Å². The molecule has 0 bridgehead atoms. The van der Waals surface area contributed by atoms with E-state index in [2.05, 4.69) is 11.2 Å². The molecule has 5 heteroatoms. The Hall–Kier alpha value is -2.61. The van der Waals surface area contributed by atoms with Crippen molar-refractivity contribution in [2.45, 2.75) is 13.5 Å². The summed E-state index contributed by atoms with van der Waals surface area (Å²) in [7, 11) is 1.68. The van der Waals surface area contributed by atoms with Gasteiger partial charge in [0.1, 0.15) is 0 Å². The Balaban J connectivity index is 2.10. The van der Waals surface area contributed by atoms with Crippen LogP contribution < -0.4 is 0 Å². The summed E-state index contributed by atoms with van der Waals surface area (Å²) in [4.78, 5) is 13.6. The zero-order valence-corrected chi connectivity index (χ0v) is 10.8. The largest absolute Gasteiger partial charge is 0.351 e. The normalized spacial score (nSPS) is 9.95. The van der Waals surface area contributed by atoms with Crippen LogP contribution in [0.2, 0.25) is 0 Å². The SMILES string of the molecule is Cc1cc(C(=O)N(C)Cc2cccc(C#N)c2)on1. The average molecular weight is 255 g/mol. The van der Waals surface area contributed by atoms with Crippen LogP contribution in [0.5, 0.6) is 0 Å². The second-order valence-electron chi connectivity index (χ2n) is 4.31. The second kappa shape index (κ2) is 5.36. The fraction of sp³-hybridized carbons (Fsp3) is 0.214. The molecule has 5 nitrogen and oxygen atoms in total. The molecule has 0 saturated carbocycles. The van der Waals surface area contributed by atoms with Crippen LogP contribution in [0.4, 0.5) is 0 Å². The highest BCUT2D eigenvalue weighted by Gasteiger charge is 2.16. The van der Waals surface area contributed by atoms with E-state index in [1.165, 1.54) is 4.90 Å². The van der Waals surface area contributed by atoms with Gasteiger partial charge in [0.25, 0.3) is 5.91 Å². The van der Waals surface area contributed by atoms with Gasteiger partial charge < -0.3 is 9.42 Å². The van der Waals surface area contributed by atoms with Crippen molar-refractivity contribution in [3.8, 4) is 6.07 Å². The summed E-state index contributed by atoms with van der Waals surface area (Å²) in [6.07, 6.45) is 0. The molecule has 1 aromatic carbocycles. The number of rotatable bonds is 3. The predicted octanol–water partition coefficient (Wildman–Crippen LogP) is 2.13. The first-order valence-electron chi connectivity index (χ1n) is 5.78. The van der Waals surface area contributed by atoms with E-state index in [1.807, 2.05) is 6.07 Å². The molecule has 0 unspecified atom stereocenters. The zero-order chi connectivity index (χ0) is 13.8. The molecule has 0 atom stereocenters. The zero-order valence-electron chi connectivity index (χ0n) is 10.8. The van der Waals surface area contributed by atoms with E-state index in [-0.39, 0.29) is 11.7 Å². The molecular weight excluding hydrogens is 242 g/mol. The minimum Gasteiger partial charge on any atom is -0.351 e. The van der Waals surface area contributed by atoms with Crippen molar-refractivity contribution in [3.63, 3.8) is 0 Å². The summed E-state index contributed by atoms with van der Waals surface area (Å²) >= 11 is 0. The highest BCUT2D eigenvalue weighted by Crippen LogP contribution is 2.10. The molecule has 19 heavy (non-hydrogen) atoms. The molecule has 1 heterocycles. The van der Waals surface area contributed by atoms with Crippen LogP contribution in [-0.2, 0) is 6.54 Å². The average Bonchev–Trinajstić information content (AvgIpc) is 2.84. The maximum atomic E-state index is 12.0. The van der Waals surface area contributed by atoms with E-state index >= 15 is 0 Å². The third-order valence-corrected chi connectivity index (χ3v) is 2.66. The maximum absolute atomic E-state index is 12.0. The first-order valence-corrected chi connectivity index (χ1v) is 5.78. The first-order chi connectivity index (χ1) is 9.10. The van der Waals surface area contributed by atoms with Gasteiger partial charge in [-0.05, 0) is 24.6 Å². The number of carbonyl (C=O) groups excluding carboxylic acids is 1. The quantitative estimate of drug-likeness (QED) is 0.842. The van der Waals surface area contributed by atoms with Crippen molar-refractivity contribution in [1.82, 2.24) is 10.1 Å². The third-order valence-electron chi connectivity index (χ3n) is 2.66. The van der Waals surface area contributed by atoms with Gasteiger partial charge in [0.15, 0.2) is 0 Å². The van der Waals surface area contributed by atoms with Crippen molar-refractivity contribution in [3.05, 3.63) is 52.9 Å². The molecule has 0 fully saturated rings. The van der Waals surface area contributed by atoms with Crippen LogP contribution in [0.15, 0.2) is 34.9 Å². The van der Waals surface area contributed by atoms with Gasteiger partial charge in [0, 0.05) is 19.7 Å². The molecule has 2 aromatic rings. The molecule has 0 spiro atoms. The molecule has 96 valence electrons. The minimum atomic E-state index is -0.233. The van der Waals surface area contributed by atoms with Crippen LogP contribution in [0.1, 0.15) is 27.4 Å². The van der Waals surface area contributed by atoms with Gasteiger partial charge in [-0.1, -0.05) is 17.3 Å². The standard InChI is InChI=1S/C14H13N3O2/c1-10-6-13(19-16-10)14(18)17(2)9-12-5-3-4-11(7-12)8-15/h3-7H,9H2,1-2H3. The van der Waals surface area contributed by atoms with Crippen LogP contribution in [0.25, 0.3) is 0 Å². The smallest absolute Gasteiger partial charge is 0.292 e. The lowest BCUT2D eigenvalue weighted by Gasteiger charge is -2.15. The Morgan fingerprint density at radius 3 is 2.89 bits per heavy atom. The molecule has 1 amide bonds. The van der Waals surface area contributed by atoms with Crippen molar-refractivity contribution < 1.29 is 9.32 Å². The Morgan fingerprint density at radius 1 is 1.47 bits per heavy atom. The van der Waals surface area contributed by atoms with Gasteiger partial charge in [-0.3, -0.25) is 4.79 Å². The lowest BCUT2D eigenvalue weighted by Crippen LogP contribution is -2.25. The van der Waals surface area contributed by atoms with Gasteiger partial charge >= 0.3 is 0 Å². The van der Waals surface area contributed by atoms with E-state index < -0.39 is 0 Å². The van der Waals surface area contributed by atoms with Crippen molar-refractivity contribution >= 4 is 5.91 Å². The van der Waals surface area contributed by atoms with E-state index in [9.17, 15) is 4.79 Å². The minimum absolute atomic E-state index is 0.219. The molecule has 0 radical (unpaired) electrons. The van der Waals surface area contributed by atoms with E-state index in [0.29, 0.717) is 17.8 Å². The predicted molar refractivity (Wildman–Crippen MR) is 68.2 cm³/mol. The number of nitriles is 1. The fourth-order valence-corrected chi connectivity index (χ4v) is 1.74. The molecule has 0 aliphatic rings. The summed E-state index contributed by atoms with van der Waals surface area (Å²) in [5, 5.41) is 12.5. The van der Waals surface area contributed by atoms with Gasteiger partial charge in [0.05, 0.1) is 17.3 Å². The number of hydrogen-bond acceptors (Lipinski definition) is 4. The van der Waals surface area contributed by atoms with Crippen molar-refractivity contribution in [2.75, 3.05) is 7.05 Å². The van der Waals surface area contributed by atoms with Gasteiger partial charge in [-0.15, -0.1) is 0 Å². The molecule has 2 rings (SSSR count). The van der Waals surface area contributed by atoms with E-state index in [1.54, 1.807) is 38.2 Å². The van der Waals surface area contributed by atoms with Crippen LogP contribution in [-0.4, -0.2) is 23.0 Å². The number of nitrogens with zero attached hydrogens (tertiary/aromatic N) is 3. The monoisotopic (exact) mass is 255 g/mol. The lowest BCUT2D eigenvalue weighted by molar-refractivity contribution is 0.0743. The van der Waals surface area contributed by atoms with Crippen LogP contribution in [0, 0.1) is 18.3 Å². The van der Waals surface area contributed by atoms with Gasteiger partial charge in [-0.2, -0.15) is 5.26 Å². The summed E-state index contributed by atoms with van der Waals surface area (Å²) in [6, 6.07) is 10.8. The Bertz CT molecular complexity index is 640. The summed E-state index contributed by atoms with van der Waals surface area (Å²) in [5.41, 5.74) is 2.14. The molecular formula is C14H13N3O2. The number of aryl methyl sites for hydroxylation is 1. The number of hydrogen-bond donors (Lipinski definition) is 0.